The summed E-state index contributed by atoms with van der Waals surface area (Å²) in [5.41, 5.74) is 1.98. The van der Waals surface area contributed by atoms with Gasteiger partial charge in [0.05, 0.1) is 6.20 Å². The highest BCUT2D eigenvalue weighted by Gasteiger charge is 2.18. The van der Waals surface area contributed by atoms with Crippen LogP contribution in [0.4, 0.5) is 16.2 Å². The maximum Gasteiger partial charge on any atom is 0.249 e. The Labute approximate surface area is 144 Å². The van der Waals surface area contributed by atoms with Gasteiger partial charge in [0.25, 0.3) is 0 Å². The van der Waals surface area contributed by atoms with Gasteiger partial charge in [0.1, 0.15) is 6.04 Å². The third kappa shape index (κ3) is 3.57. The number of aromatic nitrogens is 4. The molecular weight excluding hydrogens is 323 g/mol. The Balaban J connectivity index is 1.80. The minimum Gasteiger partial charge on any atom is -0.360 e. The van der Waals surface area contributed by atoms with E-state index in [0.29, 0.717) is 11.7 Å². The van der Waals surface area contributed by atoms with Gasteiger partial charge < -0.3 is 14.7 Å². The molecule has 0 aliphatic heterocycles. The summed E-state index contributed by atoms with van der Waals surface area (Å²) in [6.45, 7) is 3.83. The van der Waals surface area contributed by atoms with Gasteiger partial charge in [-0.25, -0.2) is 9.37 Å². The number of nitrogens with one attached hydrogen (secondary N) is 1. The second-order valence-corrected chi connectivity index (χ2v) is 5.90. The lowest BCUT2D eigenvalue weighted by molar-refractivity contribution is 0.367. The summed E-state index contributed by atoms with van der Waals surface area (Å²) in [4.78, 5) is 14.1. The maximum absolute atomic E-state index is 13.7. The predicted molar refractivity (Wildman–Crippen MR) is 92.8 cm³/mol. The number of hydrogen-bond donors (Lipinski definition) is 1. The molecule has 1 N–H and O–H groups in total. The predicted octanol–water partition coefficient (Wildman–Crippen LogP) is 3.21. The summed E-state index contributed by atoms with van der Waals surface area (Å²) in [7, 11) is 3.43. The van der Waals surface area contributed by atoms with E-state index in [1.54, 1.807) is 19.0 Å². The number of anilines is 2. The van der Waals surface area contributed by atoms with Crippen molar-refractivity contribution < 1.29 is 8.91 Å². The van der Waals surface area contributed by atoms with Gasteiger partial charge in [0.2, 0.25) is 17.7 Å². The average molecular weight is 342 g/mol. The first-order chi connectivity index (χ1) is 12.0. The minimum absolute atomic E-state index is 0.204. The first-order valence-electron chi connectivity index (χ1n) is 7.81. The van der Waals surface area contributed by atoms with Crippen LogP contribution in [0.1, 0.15) is 24.4 Å². The van der Waals surface area contributed by atoms with E-state index >= 15 is 0 Å². The van der Waals surface area contributed by atoms with Crippen molar-refractivity contribution in [1.29, 1.82) is 0 Å². The topological polar surface area (TPSA) is 80.0 Å². The highest BCUT2D eigenvalue weighted by Crippen LogP contribution is 2.23. The Kier molecular flexibility index (Phi) is 4.60. The number of aryl methyl sites for hydroxylation is 1. The van der Waals surface area contributed by atoms with Gasteiger partial charge in [-0.3, -0.25) is 0 Å². The number of benzene rings is 1. The molecule has 1 unspecified atom stereocenters. The molecule has 3 rings (SSSR count). The van der Waals surface area contributed by atoms with Crippen LogP contribution in [0, 0.1) is 12.7 Å². The Morgan fingerprint density at radius 1 is 1.20 bits per heavy atom. The molecule has 0 saturated heterocycles. The zero-order valence-electron chi connectivity index (χ0n) is 14.5. The molecular formula is C17H19FN6O. The van der Waals surface area contributed by atoms with Crippen molar-refractivity contribution in [1.82, 2.24) is 20.1 Å². The van der Waals surface area contributed by atoms with E-state index in [9.17, 15) is 4.39 Å². The summed E-state index contributed by atoms with van der Waals surface area (Å²) in [6, 6.07) is 7.48. The van der Waals surface area contributed by atoms with Crippen molar-refractivity contribution in [2.24, 2.45) is 0 Å². The molecule has 3 aromatic rings. The van der Waals surface area contributed by atoms with Crippen LogP contribution in [0.2, 0.25) is 0 Å². The highest BCUT2D eigenvalue weighted by atomic mass is 19.1. The third-order valence-electron chi connectivity index (χ3n) is 3.69. The van der Waals surface area contributed by atoms with E-state index in [1.807, 2.05) is 38.1 Å². The van der Waals surface area contributed by atoms with Gasteiger partial charge in [0, 0.05) is 19.7 Å². The Morgan fingerprint density at radius 3 is 2.68 bits per heavy atom. The van der Waals surface area contributed by atoms with E-state index in [4.69, 9.17) is 4.52 Å². The fraction of sp³-hybridized carbons (Fsp3) is 0.294. The minimum atomic E-state index is -0.483. The van der Waals surface area contributed by atoms with Crippen LogP contribution in [0.15, 0.2) is 35.0 Å². The summed E-state index contributed by atoms with van der Waals surface area (Å²) >= 11 is 0. The van der Waals surface area contributed by atoms with Crippen molar-refractivity contribution in [3.8, 4) is 11.4 Å². The lowest BCUT2D eigenvalue weighted by Gasteiger charge is -2.14. The van der Waals surface area contributed by atoms with E-state index in [-0.39, 0.29) is 17.8 Å². The fourth-order valence-electron chi connectivity index (χ4n) is 2.34. The SMILES string of the molecule is Cc1ccccc1-c1noc(C(C)Nc2ncc(F)c(N(C)C)n2)n1. The molecule has 25 heavy (non-hydrogen) atoms. The Bertz CT molecular complexity index is 879. The second kappa shape index (κ2) is 6.84. The first kappa shape index (κ1) is 16.8. The van der Waals surface area contributed by atoms with Gasteiger partial charge >= 0.3 is 0 Å². The van der Waals surface area contributed by atoms with Gasteiger partial charge in [-0.1, -0.05) is 29.4 Å². The molecule has 2 heterocycles. The van der Waals surface area contributed by atoms with Gasteiger partial charge in [-0.05, 0) is 19.4 Å². The largest absolute Gasteiger partial charge is 0.360 e. The zero-order chi connectivity index (χ0) is 18.0. The van der Waals surface area contributed by atoms with E-state index in [1.165, 1.54) is 0 Å². The Hall–Kier alpha value is -3.03. The molecule has 7 nitrogen and oxygen atoms in total. The third-order valence-corrected chi connectivity index (χ3v) is 3.69. The second-order valence-electron chi connectivity index (χ2n) is 5.90. The highest BCUT2D eigenvalue weighted by molar-refractivity contribution is 5.59. The van der Waals surface area contributed by atoms with Crippen molar-refractivity contribution in [3.63, 3.8) is 0 Å². The van der Waals surface area contributed by atoms with E-state index in [0.717, 1.165) is 17.3 Å². The average Bonchev–Trinajstić information content (AvgIpc) is 3.06. The number of nitrogens with zero attached hydrogens (tertiary/aromatic N) is 5. The monoisotopic (exact) mass is 342 g/mol. The van der Waals surface area contributed by atoms with E-state index < -0.39 is 5.82 Å². The van der Waals surface area contributed by atoms with Crippen LogP contribution >= 0.6 is 0 Å². The normalized spacial score (nSPS) is 12.0. The zero-order valence-corrected chi connectivity index (χ0v) is 14.5. The molecule has 130 valence electrons. The van der Waals surface area contributed by atoms with Gasteiger partial charge in [0.15, 0.2) is 11.6 Å². The molecule has 2 aromatic heterocycles. The van der Waals surface area contributed by atoms with Gasteiger partial charge in [-0.15, -0.1) is 0 Å². The van der Waals surface area contributed by atoms with E-state index in [2.05, 4.69) is 25.4 Å². The van der Waals surface area contributed by atoms with Gasteiger partial charge in [-0.2, -0.15) is 9.97 Å². The molecule has 0 amide bonds. The lowest BCUT2D eigenvalue weighted by atomic mass is 10.1. The molecule has 0 spiro atoms. The molecule has 0 aliphatic rings. The first-order valence-corrected chi connectivity index (χ1v) is 7.81. The van der Waals surface area contributed by atoms with Crippen molar-refractivity contribution in [3.05, 3.63) is 47.7 Å². The number of hydrogen-bond acceptors (Lipinski definition) is 7. The molecule has 1 atom stereocenters. The molecule has 0 fully saturated rings. The number of rotatable bonds is 5. The van der Waals surface area contributed by atoms with Crippen molar-refractivity contribution >= 4 is 11.8 Å². The molecule has 0 radical (unpaired) electrons. The smallest absolute Gasteiger partial charge is 0.249 e. The summed E-state index contributed by atoms with van der Waals surface area (Å²) in [5.74, 6) is 0.931. The van der Waals surface area contributed by atoms with Crippen LogP contribution in [0.3, 0.4) is 0 Å². The van der Waals surface area contributed by atoms with Crippen LogP contribution in [-0.4, -0.2) is 34.2 Å². The lowest BCUT2D eigenvalue weighted by Crippen LogP contribution is -2.16. The molecule has 8 heteroatoms. The standard InChI is InChI=1S/C17H19FN6O/c1-10-7-5-6-8-12(10)14-21-16(25-23-14)11(2)20-17-19-9-13(18)15(22-17)24(3)4/h5-9,11H,1-4H3,(H,19,20,22). The summed E-state index contributed by atoms with van der Waals surface area (Å²) < 4.78 is 19.0. The molecule has 0 aliphatic carbocycles. The summed E-state index contributed by atoms with van der Waals surface area (Å²) in [6.07, 6.45) is 1.13. The van der Waals surface area contributed by atoms with Crippen LogP contribution in [-0.2, 0) is 0 Å². The maximum atomic E-state index is 13.7. The quantitative estimate of drug-likeness (QED) is 0.762. The van der Waals surface area contributed by atoms with Crippen molar-refractivity contribution in [2.45, 2.75) is 19.9 Å². The molecule has 1 aromatic carbocycles. The molecule has 0 bridgehead atoms. The van der Waals surface area contributed by atoms with Crippen LogP contribution < -0.4 is 10.2 Å². The summed E-state index contributed by atoms with van der Waals surface area (Å²) in [5, 5.41) is 7.08. The van der Waals surface area contributed by atoms with Crippen molar-refractivity contribution in [2.75, 3.05) is 24.3 Å². The molecule has 0 saturated carbocycles. The Morgan fingerprint density at radius 2 is 1.96 bits per heavy atom. The number of halogens is 1. The van der Waals surface area contributed by atoms with Crippen LogP contribution in [0.5, 0.6) is 0 Å². The fourth-order valence-corrected chi connectivity index (χ4v) is 2.34. The van der Waals surface area contributed by atoms with Crippen LogP contribution in [0.25, 0.3) is 11.4 Å².